The van der Waals surface area contributed by atoms with Gasteiger partial charge in [0.25, 0.3) is 5.91 Å². The summed E-state index contributed by atoms with van der Waals surface area (Å²) in [6.45, 7) is 1.46. The summed E-state index contributed by atoms with van der Waals surface area (Å²) in [6.07, 6.45) is 2.21. The molecule has 1 amide bonds. The van der Waals surface area contributed by atoms with Crippen molar-refractivity contribution in [2.75, 3.05) is 6.61 Å². The summed E-state index contributed by atoms with van der Waals surface area (Å²) in [5, 5.41) is 2.69. The third kappa shape index (κ3) is 3.70. The maximum absolute atomic E-state index is 13.5. The Morgan fingerprint density at radius 1 is 1.50 bits per heavy atom. The van der Waals surface area contributed by atoms with E-state index in [1.807, 2.05) is 6.92 Å². The van der Waals surface area contributed by atoms with Gasteiger partial charge in [0.1, 0.15) is 11.4 Å². The van der Waals surface area contributed by atoms with Gasteiger partial charge in [-0.25, -0.2) is 9.18 Å². The van der Waals surface area contributed by atoms with Gasteiger partial charge in [-0.05, 0) is 37.8 Å². The fourth-order valence-corrected chi connectivity index (χ4v) is 2.15. The summed E-state index contributed by atoms with van der Waals surface area (Å²) in [4.78, 5) is 23.3. The third-order valence-electron chi connectivity index (χ3n) is 3.22. The first-order valence-electron chi connectivity index (χ1n) is 6.39. The normalized spacial score (nSPS) is 15.6. The molecule has 20 heavy (non-hydrogen) atoms. The molecule has 1 saturated carbocycles. The zero-order chi connectivity index (χ0) is 14.7. The maximum Gasteiger partial charge on any atom is 0.343 e. The molecular formula is C14H15ClFNO3. The topological polar surface area (TPSA) is 55.4 Å². The SMILES string of the molecule is C[C@@H](NC(=O)COC(=O)c1c(F)cccc1Cl)C1CC1. The van der Waals surface area contributed by atoms with Crippen LogP contribution in [0.5, 0.6) is 0 Å². The minimum atomic E-state index is -0.942. The number of carbonyl (C=O) groups excluding carboxylic acids is 2. The number of halogens is 2. The van der Waals surface area contributed by atoms with Gasteiger partial charge in [0.05, 0.1) is 5.02 Å². The first-order chi connectivity index (χ1) is 9.49. The largest absolute Gasteiger partial charge is 0.452 e. The molecule has 1 N–H and O–H groups in total. The zero-order valence-electron chi connectivity index (χ0n) is 11.0. The number of hydrogen-bond donors (Lipinski definition) is 1. The number of esters is 1. The molecule has 0 saturated heterocycles. The lowest BCUT2D eigenvalue weighted by atomic mass is 10.2. The van der Waals surface area contributed by atoms with E-state index >= 15 is 0 Å². The lowest BCUT2D eigenvalue weighted by molar-refractivity contribution is -0.125. The minimum absolute atomic E-state index is 0.0400. The van der Waals surface area contributed by atoms with E-state index in [-0.39, 0.29) is 16.6 Å². The van der Waals surface area contributed by atoms with Gasteiger partial charge in [0, 0.05) is 6.04 Å². The van der Waals surface area contributed by atoms with Gasteiger partial charge in [-0.2, -0.15) is 0 Å². The Morgan fingerprint density at radius 2 is 2.20 bits per heavy atom. The van der Waals surface area contributed by atoms with Crippen LogP contribution in [0.25, 0.3) is 0 Å². The van der Waals surface area contributed by atoms with Crippen LogP contribution in [-0.4, -0.2) is 24.5 Å². The van der Waals surface area contributed by atoms with Gasteiger partial charge in [0.2, 0.25) is 0 Å². The minimum Gasteiger partial charge on any atom is -0.452 e. The second kappa shape index (κ2) is 6.22. The third-order valence-corrected chi connectivity index (χ3v) is 3.53. The summed E-state index contributed by atoms with van der Waals surface area (Å²) in [5.74, 6) is -1.60. The molecule has 108 valence electrons. The van der Waals surface area contributed by atoms with Crippen molar-refractivity contribution in [3.05, 3.63) is 34.6 Å². The fraction of sp³-hybridized carbons (Fsp3) is 0.429. The van der Waals surface area contributed by atoms with Crippen LogP contribution in [0.1, 0.15) is 30.1 Å². The van der Waals surface area contributed by atoms with Gasteiger partial charge in [0.15, 0.2) is 6.61 Å². The van der Waals surface area contributed by atoms with Gasteiger partial charge in [-0.1, -0.05) is 17.7 Å². The van der Waals surface area contributed by atoms with Crippen LogP contribution in [0.4, 0.5) is 4.39 Å². The van der Waals surface area contributed by atoms with E-state index in [0.29, 0.717) is 5.92 Å². The van der Waals surface area contributed by atoms with E-state index in [9.17, 15) is 14.0 Å². The second-order valence-electron chi connectivity index (χ2n) is 4.87. The van der Waals surface area contributed by atoms with Crippen molar-refractivity contribution in [2.45, 2.75) is 25.8 Å². The van der Waals surface area contributed by atoms with Gasteiger partial charge >= 0.3 is 5.97 Å². The van der Waals surface area contributed by atoms with Crippen molar-refractivity contribution in [1.29, 1.82) is 0 Å². The quantitative estimate of drug-likeness (QED) is 0.850. The number of nitrogens with one attached hydrogen (secondary N) is 1. The monoisotopic (exact) mass is 299 g/mol. The van der Waals surface area contributed by atoms with Crippen LogP contribution in [-0.2, 0) is 9.53 Å². The Kier molecular flexibility index (Phi) is 4.60. The fourth-order valence-electron chi connectivity index (χ4n) is 1.91. The first-order valence-corrected chi connectivity index (χ1v) is 6.77. The summed E-state index contributed by atoms with van der Waals surface area (Å²) >= 11 is 5.73. The number of benzene rings is 1. The van der Waals surface area contributed by atoms with E-state index in [2.05, 4.69) is 5.32 Å². The molecule has 1 aliphatic carbocycles. The van der Waals surface area contributed by atoms with Crippen LogP contribution in [0.3, 0.4) is 0 Å². The number of carbonyl (C=O) groups is 2. The Labute approximate surface area is 121 Å². The lowest BCUT2D eigenvalue weighted by Gasteiger charge is -2.13. The molecule has 0 radical (unpaired) electrons. The molecule has 1 fully saturated rings. The van der Waals surface area contributed by atoms with E-state index < -0.39 is 24.3 Å². The van der Waals surface area contributed by atoms with Gasteiger partial charge < -0.3 is 10.1 Å². The molecule has 0 unspecified atom stereocenters. The standard InChI is InChI=1S/C14H15ClFNO3/c1-8(9-5-6-9)17-12(18)7-20-14(19)13-10(15)3-2-4-11(13)16/h2-4,8-9H,5-7H2,1H3,(H,17,18)/t8-/m1/s1. The van der Waals surface area contributed by atoms with Crippen LogP contribution >= 0.6 is 11.6 Å². The van der Waals surface area contributed by atoms with Crippen molar-refractivity contribution >= 4 is 23.5 Å². The molecule has 6 heteroatoms. The number of ether oxygens (including phenoxy) is 1. The molecule has 1 aromatic rings. The van der Waals surface area contributed by atoms with Crippen molar-refractivity contribution in [1.82, 2.24) is 5.32 Å². The zero-order valence-corrected chi connectivity index (χ0v) is 11.7. The Morgan fingerprint density at radius 3 is 2.80 bits per heavy atom. The van der Waals surface area contributed by atoms with Crippen molar-refractivity contribution in [2.24, 2.45) is 5.92 Å². The molecule has 1 atom stereocenters. The molecule has 2 rings (SSSR count). The molecule has 1 aliphatic rings. The van der Waals surface area contributed by atoms with Gasteiger partial charge in [-0.3, -0.25) is 4.79 Å². The highest BCUT2D eigenvalue weighted by Gasteiger charge is 2.29. The predicted molar refractivity (Wildman–Crippen MR) is 72.0 cm³/mol. The van der Waals surface area contributed by atoms with Crippen LogP contribution < -0.4 is 5.32 Å². The highest BCUT2D eigenvalue weighted by atomic mass is 35.5. The summed E-state index contributed by atoms with van der Waals surface area (Å²) in [5.41, 5.74) is -0.350. The molecule has 1 aromatic carbocycles. The highest BCUT2D eigenvalue weighted by molar-refractivity contribution is 6.33. The van der Waals surface area contributed by atoms with Crippen LogP contribution in [0, 0.1) is 11.7 Å². The van der Waals surface area contributed by atoms with E-state index in [1.165, 1.54) is 12.1 Å². The van der Waals surface area contributed by atoms with Crippen LogP contribution in [0.2, 0.25) is 5.02 Å². The van der Waals surface area contributed by atoms with E-state index in [0.717, 1.165) is 18.9 Å². The number of amides is 1. The molecule has 0 aliphatic heterocycles. The van der Waals surface area contributed by atoms with Crippen molar-refractivity contribution in [3.63, 3.8) is 0 Å². The summed E-state index contributed by atoms with van der Waals surface area (Å²) in [6, 6.07) is 3.95. The van der Waals surface area contributed by atoms with E-state index in [4.69, 9.17) is 16.3 Å². The van der Waals surface area contributed by atoms with Crippen molar-refractivity contribution < 1.29 is 18.7 Å². The summed E-state index contributed by atoms with van der Waals surface area (Å²) in [7, 11) is 0. The summed E-state index contributed by atoms with van der Waals surface area (Å²) < 4.78 is 18.2. The average Bonchev–Trinajstić information content (AvgIpc) is 3.20. The Bertz CT molecular complexity index is 511. The second-order valence-corrected chi connectivity index (χ2v) is 5.27. The number of rotatable bonds is 5. The lowest BCUT2D eigenvalue weighted by Crippen LogP contribution is -2.37. The highest BCUT2D eigenvalue weighted by Crippen LogP contribution is 2.32. The van der Waals surface area contributed by atoms with Gasteiger partial charge in [-0.15, -0.1) is 0 Å². The molecule has 0 bridgehead atoms. The Balaban J connectivity index is 1.87. The molecule has 4 nitrogen and oxygen atoms in total. The van der Waals surface area contributed by atoms with Crippen LogP contribution in [0.15, 0.2) is 18.2 Å². The van der Waals surface area contributed by atoms with E-state index in [1.54, 1.807) is 0 Å². The maximum atomic E-state index is 13.5. The molecular weight excluding hydrogens is 285 g/mol. The first kappa shape index (κ1) is 14.8. The smallest absolute Gasteiger partial charge is 0.343 e. The molecule has 0 spiro atoms. The predicted octanol–water partition coefficient (Wildman–Crippen LogP) is 2.55. The molecule has 0 heterocycles. The van der Waals surface area contributed by atoms with Crippen molar-refractivity contribution in [3.8, 4) is 0 Å². The average molecular weight is 300 g/mol. The number of hydrogen-bond acceptors (Lipinski definition) is 3. The Hall–Kier alpha value is -1.62. The molecule has 0 aromatic heterocycles.